The van der Waals surface area contributed by atoms with Crippen molar-refractivity contribution in [3.8, 4) is 0 Å². The molecule has 0 atom stereocenters. The normalized spacial score (nSPS) is 10.6. The molecular weight excluding hydrogens is 178 g/mol. The van der Waals surface area contributed by atoms with E-state index in [1.54, 1.807) is 0 Å². The predicted octanol–water partition coefficient (Wildman–Crippen LogP) is 0.183. The molecule has 14 heavy (non-hydrogen) atoms. The zero-order chi connectivity index (χ0) is 10.8. The van der Waals surface area contributed by atoms with Crippen molar-refractivity contribution in [1.82, 2.24) is 10.2 Å². The molecule has 0 fully saturated rings. The van der Waals surface area contributed by atoms with E-state index in [-0.39, 0.29) is 5.91 Å². The molecule has 0 aliphatic heterocycles. The van der Waals surface area contributed by atoms with Gasteiger partial charge < -0.3 is 11.1 Å². The maximum atomic E-state index is 11.4. The zero-order valence-corrected chi connectivity index (χ0v) is 9.38. The Bertz CT molecular complexity index is 144. The van der Waals surface area contributed by atoms with E-state index in [0.717, 1.165) is 32.5 Å². The van der Waals surface area contributed by atoms with Crippen LogP contribution in [0.25, 0.3) is 0 Å². The average Bonchev–Trinajstić information content (AvgIpc) is 2.15. The van der Waals surface area contributed by atoms with Crippen molar-refractivity contribution in [3.05, 3.63) is 0 Å². The minimum Gasteiger partial charge on any atom is -0.355 e. The third-order valence-electron chi connectivity index (χ3n) is 1.92. The van der Waals surface area contributed by atoms with Crippen molar-refractivity contribution in [1.29, 1.82) is 0 Å². The van der Waals surface area contributed by atoms with Gasteiger partial charge in [0.2, 0.25) is 5.91 Å². The van der Waals surface area contributed by atoms with Gasteiger partial charge in [-0.25, -0.2) is 0 Å². The number of amides is 1. The molecule has 4 nitrogen and oxygen atoms in total. The second kappa shape index (κ2) is 8.97. The van der Waals surface area contributed by atoms with Gasteiger partial charge in [-0.2, -0.15) is 0 Å². The molecule has 4 heteroatoms. The summed E-state index contributed by atoms with van der Waals surface area (Å²) in [5, 5.41) is 2.86. The molecule has 0 aliphatic rings. The number of carbonyl (C=O) groups excluding carboxylic acids is 1. The highest BCUT2D eigenvalue weighted by molar-refractivity contribution is 5.77. The average molecular weight is 201 g/mol. The number of nitrogens with zero attached hydrogens (tertiary/aromatic N) is 1. The van der Waals surface area contributed by atoms with Gasteiger partial charge in [0.25, 0.3) is 0 Å². The Labute approximate surface area is 86.8 Å². The third-order valence-corrected chi connectivity index (χ3v) is 1.92. The topological polar surface area (TPSA) is 58.4 Å². The molecule has 84 valence electrons. The Balaban J connectivity index is 3.71. The monoisotopic (exact) mass is 201 g/mol. The van der Waals surface area contributed by atoms with Crippen LogP contribution < -0.4 is 11.1 Å². The van der Waals surface area contributed by atoms with Crippen LogP contribution in [-0.4, -0.2) is 43.5 Å². The van der Waals surface area contributed by atoms with Crippen molar-refractivity contribution in [2.45, 2.75) is 26.7 Å². The summed E-state index contributed by atoms with van der Waals surface area (Å²) in [4.78, 5) is 13.5. The highest BCUT2D eigenvalue weighted by atomic mass is 16.2. The highest BCUT2D eigenvalue weighted by Crippen LogP contribution is 1.89. The number of carbonyl (C=O) groups is 1. The van der Waals surface area contributed by atoms with E-state index < -0.39 is 0 Å². The summed E-state index contributed by atoms with van der Waals surface area (Å²) in [5.74, 6) is 0.105. The minimum absolute atomic E-state index is 0.105. The Hall–Kier alpha value is -0.610. The molecule has 0 spiro atoms. The van der Waals surface area contributed by atoms with Gasteiger partial charge in [0.15, 0.2) is 0 Å². The van der Waals surface area contributed by atoms with Crippen LogP contribution >= 0.6 is 0 Å². The van der Waals surface area contributed by atoms with Crippen molar-refractivity contribution in [3.63, 3.8) is 0 Å². The molecule has 0 saturated carbocycles. The largest absolute Gasteiger partial charge is 0.355 e. The van der Waals surface area contributed by atoms with Crippen LogP contribution in [0.3, 0.4) is 0 Å². The lowest BCUT2D eigenvalue weighted by atomic mass is 10.3. The Kier molecular flexibility index (Phi) is 8.57. The first kappa shape index (κ1) is 13.4. The number of hydrogen-bond donors (Lipinski definition) is 2. The molecule has 0 heterocycles. The molecule has 0 rings (SSSR count). The molecule has 0 aromatic rings. The van der Waals surface area contributed by atoms with Crippen LogP contribution in [0.4, 0.5) is 0 Å². The third kappa shape index (κ3) is 6.86. The van der Waals surface area contributed by atoms with Gasteiger partial charge in [0.1, 0.15) is 0 Å². The molecule has 3 N–H and O–H groups in total. The number of rotatable bonds is 8. The van der Waals surface area contributed by atoms with Crippen molar-refractivity contribution >= 4 is 5.91 Å². The summed E-state index contributed by atoms with van der Waals surface area (Å²) in [6.07, 6.45) is 2.04. The number of hydrogen-bond acceptors (Lipinski definition) is 3. The number of nitrogens with one attached hydrogen (secondary N) is 1. The van der Waals surface area contributed by atoms with Crippen LogP contribution in [0.5, 0.6) is 0 Å². The highest BCUT2D eigenvalue weighted by Gasteiger charge is 2.07. The van der Waals surface area contributed by atoms with Crippen molar-refractivity contribution < 1.29 is 4.79 Å². The molecule has 0 aromatic heterocycles. The Morgan fingerprint density at radius 1 is 1.29 bits per heavy atom. The van der Waals surface area contributed by atoms with Gasteiger partial charge in [-0.3, -0.25) is 9.69 Å². The van der Waals surface area contributed by atoms with E-state index in [2.05, 4.69) is 17.1 Å². The molecule has 0 unspecified atom stereocenters. The maximum absolute atomic E-state index is 11.4. The Morgan fingerprint density at radius 3 is 2.50 bits per heavy atom. The SMILES string of the molecule is CCCNC(=O)CN(CCC)CCN. The first-order valence-corrected chi connectivity index (χ1v) is 5.43. The number of nitrogens with two attached hydrogens (primary N) is 1. The van der Waals surface area contributed by atoms with Gasteiger partial charge in [0, 0.05) is 19.6 Å². The fraction of sp³-hybridized carbons (Fsp3) is 0.900. The molecular formula is C10H23N3O. The summed E-state index contributed by atoms with van der Waals surface area (Å²) in [7, 11) is 0. The maximum Gasteiger partial charge on any atom is 0.234 e. The minimum atomic E-state index is 0.105. The van der Waals surface area contributed by atoms with Crippen LogP contribution in [0.15, 0.2) is 0 Å². The van der Waals surface area contributed by atoms with Crippen molar-refractivity contribution in [2.75, 3.05) is 32.7 Å². The lowest BCUT2D eigenvalue weighted by Crippen LogP contribution is -2.40. The summed E-state index contributed by atoms with van der Waals surface area (Å²) >= 11 is 0. The molecule has 0 aromatic carbocycles. The Morgan fingerprint density at radius 2 is 2.00 bits per heavy atom. The smallest absolute Gasteiger partial charge is 0.234 e. The van der Waals surface area contributed by atoms with Gasteiger partial charge >= 0.3 is 0 Å². The fourth-order valence-electron chi connectivity index (χ4n) is 1.29. The van der Waals surface area contributed by atoms with Gasteiger partial charge in [-0.05, 0) is 19.4 Å². The first-order valence-electron chi connectivity index (χ1n) is 5.43. The van der Waals surface area contributed by atoms with E-state index in [1.165, 1.54) is 0 Å². The predicted molar refractivity (Wildman–Crippen MR) is 59.1 cm³/mol. The van der Waals surface area contributed by atoms with Gasteiger partial charge in [-0.15, -0.1) is 0 Å². The van der Waals surface area contributed by atoms with Crippen LogP contribution in [0.2, 0.25) is 0 Å². The summed E-state index contributed by atoms with van der Waals surface area (Å²) < 4.78 is 0. The van der Waals surface area contributed by atoms with Crippen LogP contribution in [0.1, 0.15) is 26.7 Å². The zero-order valence-electron chi connectivity index (χ0n) is 9.38. The first-order chi connectivity index (χ1) is 6.74. The molecule has 0 bridgehead atoms. The van der Waals surface area contributed by atoms with Crippen LogP contribution in [0, 0.1) is 0 Å². The summed E-state index contributed by atoms with van der Waals surface area (Å²) in [6.45, 7) is 7.75. The second-order valence-electron chi connectivity index (χ2n) is 3.41. The van der Waals surface area contributed by atoms with Crippen molar-refractivity contribution in [2.24, 2.45) is 5.73 Å². The van der Waals surface area contributed by atoms with E-state index in [0.29, 0.717) is 13.1 Å². The van der Waals surface area contributed by atoms with Gasteiger partial charge in [-0.1, -0.05) is 13.8 Å². The van der Waals surface area contributed by atoms with E-state index in [1.807, 2.05) is 6.92 Å². The van der Waals surface area contributed by atoms with Crippen LogP contribution in [-0.2, 0) is 4.79 Å². The standard InChI is InChI=1S/C10H23N3O/c1-3-6-12-10(14)9-13(7-4-2)8-5-11/h3-9,11H2,1-2H3,(H,12,14). The van der Waals surface area contributed by atoms with E-state index >= 15 is 0 Å². The molecule has 1 amide bonds. The second-order valence-corrected chi connectivity index (χ2v) is 3.41. The van der Waals surface area contributed by atoms with E-state index in [9.17, 15) is 4.79 Å². The fourth-order valence-corrected chi connectivity index (χ4v) is 1.29. The lowest BCUT2D eigenvalue weighted by molar-refractivity contribution is -0.122. The molecule has 0 aliphatic carbocycles. The van der Waals surface area contributed by atoms with Gasteiger partial charge in [0.05, 0.1) is 6.54 Å². The lowest BCUT2D eigenvalue weighted by Gasteiger charge is -2.19. The summed E-state index contributed by atoms with van der Waals surface area (Å²) in [6, 6.07) is 0. The molecule has 0 radical (unpaired) electrons. The summed E-state index contributed by atoms with van der Waals surface area (Å²) in [5.41, 5.74) is 5.46. The quantitative estimate of drug-likeness (QED) is 0.589. The van der Waals surface area contributed by atoms with E-state index in [4.69, 9.17) is 5.73 Å². The molecule has 0 saturated heterocycles.